The third kappa shape index (κ3) is 3.12. The van der Waals surface area contributed by atoms with Crippen molar-refractivity contribution in [1.29, 1.82) is 0 Å². The summed E-state index contributed by atoms with van der Waals surface area (Å²) in [5.41, 5.74) is 0. The van der Waals surface area contributed by atoms with Crippen molar-refractivity contribution in [3.05, 3.63) is 10.9 Å². The van der Waals surface area contributed by atoms with E-state index in [1.54, 1.807) is 11.3 Å². The highest BCUT2D eigenvalue weighted by atomic mass is 32.1. The van der Waals surface area contributed by atoms with E-state index < -0.39 is 0 Å². The zero-order chi connectivity index (χ0) is 15.0. The molecule has 2 atom stereocenters. The summed E-state index contributed by atoms with van der Waals surface area (Å²) >= 11 is 1.69. The molecule has 4 nitrogen and oxygen atoms in total. The van der Waals surface area contributed by atoms with Crippen LogP contribution in [0.25, 0.3) is 10.2 Å². The van der Waals surface area contributed by atoms with Gasteiger partial charge in [0.25, 0.3) is 0 Å². The van der Waals surface area contributed by atoms with Crippen LogP contribution >= 0.6 is 11.3 Å². The summed E-state index contributed by atoms with van der Waals surface area (Å²) in [4.78, 5) is 11.3. The van der Waals surface area contributed by atoms with Crippen molar-refractivity contribution < 1.29 is 4.74 Å². The van der Waals surface area contributed by atoms with Crippen LogP contribution in [0.3, 0.4) is 0 Å². The maximum Gasteiger partial charge on any atom is 0.227 e. The number of rotatable bonds is 3. The highest BCUT2D eigenvalue weighted by Gasteiger charge is 2.26. The predicted octanol–water partition coefficient (Wildman–Crippen LogP) is 4.24. The molecule has 0 aliphatic heterocycles. The Labute approximate surface area is 129 Å². The van der Waals surface area contributed by atoms with Crippen LogP contribution in [-0.2, 0) is 0 Å². The van der Waals surface area contributed by atoms with E-state index in [1.807, 2.05) is 7.05 Å². The number of hydrogen-bond donors (Lipinski definition) is 1. The van der Waals surface area contributed by atoms with Gasteiger partial charge in [-0.2, -0.15) is 4.98 Å². The third-order valence-electron chi connectivity index (χ3n) is 4.12. The van der Waals surface area contributed by atoms with Crippen LogP contribution in [0.15, 0.2) is 6.07 Å². The van der Waals surface area contributed by atoms with Crippen LogP contribution in [0, 0.1) is 18.8 Å². The molecule has 1 saturated carbocycles. The van der Waals surface area contributed by atoms with E-state index in [1.165, 1.54) is 11.3 Å². The predicted molar refractivity (Wildman–Crippen MR) is 88.3 cm³/mol. The van der Waals surface area contributed by atoms with E-state index in [9.17, 15) is 0 Å². The molecule has 2 unspecified atom stereocenters. The summed E-state index contributed by atoms with van der Waals surface area (Å²) in [6.07, 6.45) is 3.81. The van der Waals surface area contributed by atoms with Crippen LogP contribution in [0.4, 0.5) is 5.95 Å². The molecule has 2 aromatic rings. The van der Waals surface area contributed by atoms with E-state index in [2.05, 4.69) is 42.1 Å². The van der Waals surface area contributed by atoms with Gasteiger partial charge >= 0.3 is 0 Å². The van der Waals surface area contributed by atoms with Crippen LogP contribution < -0.4 is 10.1 Å². The van der Waals surface area contributed by atoms with Crippen LogP contribution in [0.5, 0.6) is 5.88 Å². The molecular weight excluding hydrogens is 282 g/mol. The molecule has 0 amide bonds. The largest absolute Gasteiger partial charge is 0.474 e. The number of hydrogen-bond acceptors (Lipinski definition) is 5. The molecule has 5 heteroatoms. The van der Waals surface area contributed by atoms with Crippen molar-refractivity contribution in [1.82, 2.24) is 9.97 Å². The summed E-state index contributed by atoms with van der Waals surface area (Å²) < 4.78 is 6.28. The maximum absolute atomic E-state index is 6.28. The molecule has 1 aliphatic rings. The van der Waals surface area contributed by atoms with Gasteiger partial charge in [0, 0.05) is 11.9 Å². The average molecular weight is 305 g/mol. The second kappa shape index (κ2) is 5.79. The smallest absolute Gasteiger partial charge is 0.227 e. The summed E-state index contributed by atoms with van der Waals surface area (Å²) in [5, 5.41) is 4.07. The van der Waals surface area contributed by atoms with Crippen molar-refractivity contribution in [3.8, 4) is 5.88 Å². The minimum absolute atomic E-state index is 0.270. The van der Waals surface area contributed by atoms with Crippen molar-refractivity contribution in [2.24, 2.45) is 11.8 Å². The topological polar surface area (TPSA) is 47.0 Å². The van der Waals surface area contributed by atoms with Gasteiger partial charge in [0.1, 0.15) is 10.9 Å². The van der Waals surface area contributed by atoms with E-state index in [4.69, 9.17) is 4.74 Å². The highest BCUT2D eigenvalue weighted by Crippen LogP contribution is 2.35. The lowest BCUT2D eigenvalue weighted by Gasteiger charge is -2.31. The number of nitrogens with zero attached hydrogens (tertiary/aromatic N) is 2. The fraction of sp³-hybridized carbons (Fsp3) is 0.625. The Morgan fingerprint density at radius 1 is 1.19 bits per heavy atom. The van der Waals surface area contributed by atoms with Gasteiger partial charge in [0.15, 0.2) is 0 Å². The van der Waals surface area contributed by atoms with Crippen molar-refractivity contribution in [3.63, 3.8) is 0 Å². The first-order valence-corrected chi connectivity index (χ1v) is 8.49. The molecular formula is C16H23N3OS. The number of thiophene rings is 1. The van der Waals surface area contributed by atoms with Gasteiger partial charge in [-0.15, -0.1) is 11.3 Å². The van der Waals surface area contributed by atoms with Gasteiger partial charge < -0.3 is 10.1 Å². The number of aromatic nitrogens is 2. The van der Waals surface area contributed by atoms with E-state index in [0.29, 0.717) is 5.95 Å². The standard InChI is InChI=1S/C16H23N3OS/c1-9-5-10(2)7-12(6-9)20-14-13-8-11(3)21-15(13)19-16(17-4)18-14/h8-10,12H,5-7H2,1-4H3,(H,17,18,19). The molecule has 2 heterocycles. The Balaban J connectivity index is 1.91. The van der Waals surface area contributed by atoms with Crippen molar-refractivity contribution in [2.45, 2.75) is 46.1 Å². The summed E-state index contributed by atoms with van der Waals surface area (Å²) in [7, 11) is 1.84. The van der Waals surface area contributed by atoms with E-state index in [-0.39, 0.29) is 6.10 Å². The fourth-order valence-corrected chi connectivity index (χ4v) is 4.21. The Morgan fingerprint density at radius 3 is 2.57 bits per heavy atom. The Bertz CT molecular complexity index is 630. The lowest BCUT2D eigenvalue weighted by Crippen LogP contribution is -2.28. The van der Waals surface area contributed by atoms with E-state index >= 15 is 0 Å². The average Bonchev–Trinajstić information content (AvgIpc) is 2.78. The first-order valence-electron chi connectivity index (χ1n) is 7.67. The zero-order valence-electron chi connectivity index (χ0n) is 13.1. The van der Waals surface area contributed by atoms with Gasteiger partial charge in [-0.05, 0) is 44.1 Å². The van der Waals surface area contributed by atoms with Crippen LogP contribution in [0.2, 0.25) is 0 Å². The Hall–Kier alpha value is -1.36. The number of ether oxygens (including phenoxy) is 1. The summed E-state index contributed by atoms with van der Waals surface area (Å²) in [5.74, 6) is 2.82. The Morgan fingerprint density at radius 2 is 1.90 bits per heavy atom. The fourth-order valence-electron chi connectivity index (χ4n) is 3.34. The SMILES string of the molecule is CNc1nc(OC2CC(C)CC(C)C2)c2cc(C)sc2n1. The lowest BCUT2D eigenvalue weighted by atomic mass is 9.82. The zero-order valence-corrected chi connectivity index (χ0v) is 14.0. The second-order valence-corrected chi connectivity index (χ2v) is 7.57. The molecule has 1 fully saturated rings. The lowest BCUT2D eigenvalue weighted by molar-refractivity contribution is 0.0983. The summed E-state index contributed by atoms with van der Waals surface area (Å²) in [6.45, 7) is 6.73. The first kappa shape index (κ1) is 14.6. The normalized spacial score (nSPS) is 26.0. The molecule has 3 rings (SSSR count). The molecule has 1 N–H and O–H groups in total. The highest BCUT2D eigenvalue weighted by molar-refractivity contribution is 7.18. The summed E-state index contributed by atoms with van der Waals surface area (Å²) in [6, 6.07) is 2.13. The number of fused-ring (bicyclic) bond motifs is 1. The molecule has 21 heavy (non-hydrogen) atoms. The number of aryl methyl sites for hydroxylation is 1. The van der Waals surface area contributed by atoms with Gasteiger partial charge in [-0.1, -0.05) is 13.8 Å². The molecule has 0 saturated heterocycles. The molecule has 0 aromatic carbocycles. The second-order valence-electron chi connectivity index (χ2n) is 6.34. The molecule has 0 bridgehead atoms. The molecule has 0 spiro atoms. The molecule has 2 aromatic heterocycles. The van der Waals surface area contributed by atoms with Gasteiger partial charge in [-0.3, -0.25) is 0 Å². The van der Waals surface area contributed by atoms with Crippen LogP contribution in [0.1, 0.15) is 38.0 Å². The minimum atomic E-state index is 0.270. The maximum atomic E-state index is 6.28. The van der Waals surface area contributed by atoms with Crippen molar-refractivity contribution >= 4 is 27.5 Å². The van der Waals surface area contributed by atoms with Gasteiger partial charge in [0.2, 0.25) is 11.8 Å². The first-order chi connectivity index (χ1) is 10.0. The molecule has 114 valence electrons. The number of anilines is 1. The molecule has 1 aliphatic carbocycles. The van der Waals surface area contributed by atoms with Crippen LogP contribution in [-0.4, -0.2) is 23.1 Å². The molecule has 0 radical (unpaired) electrons. The number of nitrogens with one attached hydrogen (secondary N) is 1. The monoisotopic (exact) mass is 305 g/mol. The van der Waals surface area contributed by atoms with Gasteiger partial charge in [0.05, 0.1) is 5.39 Å². The van der Waals surface area contributed by atoms with E-state index in [0.717, 1.165) is 40.8 Å². The minimum Gasteiger partial charge on any atom is -0.474 e. The van der Waals surface area contributed by atoms with Gasteiger partial charge in [-0.25, -0.2) is 4.98 Å². The quantitative estimate of drug-likeness (QED) is 0.921. The third-order valence-corrected chi connectivity index (χ3v) is 5.06. The Kier molecular flexibility index (Phi) is 4.02. The van der Waals surface area contributed by atoms with Crippen molar-refractivity contribution in [2.75, 3.05) is 12.4 Å².